The molecule has 10 nitrogen and oxygen atoms in total. The van der Waals surface area contributed by atoms with Crippen molar-refractivity contribution in [3.05, 3.63) is 88.9 Å². The second-order valence-electron chi connectivity index (χ2n) is 6.84. The van der Waals surface area contributed by atoms with E-state index in [4.69, 9.17) is 0 Å². The van der Waals surface area contributed by atoms with Crippen molar-refractivity contribution < 1.29 is 13.3 Å². The van der Waals surface area contributed by atoms with Gasteiger partial charge in [0.25, 0.3) is 15.7 Å². The molecule has 4 aromatic rings. The zero-order valence-electron chi connectivity index (χ0n) is 17.1. The number of hydrogen-bond acceptors (Lipinski definition) is 7. The molecule has 0 radical (unpaired) electrons. The van der Waals surface area contributed by atoms with Crippen molar-refractivity contribution in [2.24, 2.45) is 0 Å². The van der Waals surface area contributed by atoms with E-state index in [-0.39, 0.29) is 29.4 Å². The van der Waals surface area contributed by atoms with Crippen LogP contribution in [0.4, 0.5) is 17.1 Å². The summed E-state index contributed by atoms with van der Waals surface area (Å²) in [5.74, 6) is 0.563. The van der Waals surface area contributed by atoms with Gasteiger partial charge in [0.15, 0.2) is 11.5 Å². The first-order chi connectivity index (χ1) is 15.4. The van der Waals surface area contributed by atoms with Gasteiger partial charge in [0.2, 0.25) is 0 Å². The van der Waals surface area contributed by atoms with Gasteiger partial charge in [0.05, 0.1) is 22.1 Å². The molecule has 2 aromatic heterocycles. The van der Waals surface area contributed by atoms with E-state index in [1.165, 1.54) is 16.4 Å². The molecule has 0 aliphatic heterocycles. The normalized spacial score (nSPS) is 11.4. The molecule has 2 aromatic carbocycles. The van der Waals surface area contributed by atoms with Gasteiger partial charge in [-0.2, -0.15) is 0 Å². The lowest BCUT2D eigenvalue weighted by molar-refractivity contribution is -0.384. The van der Waals surface area contributed by atoms with E-state index in [1.807, 2.05) is 12.1 Å². The minimum Gasteiger partial charge on any atom is -0.372 e. The zero-order valence-corrected chi connectivity index (χ0v) is 17.9. The number of nitrogens with one attached hydrogen (secondary N) is 1. The molecule has 1 N–H and O–H groups in total. The van der Waals surface area contributed by atoms with E-state index < -0.39 is 14.9 Å². The number of pyridine rings is 1. The molecule has 0 saturated carbocycles. The molecular weight excluding hydrogens is 432 g/mol. The quantitative estimate of drug-likeness (QED) is 0.321. The van der Waals surface area contributed by atoms with Crippen LogP contribution in [0.1, 0.15) is 12.7 Å². The van der Waals surface area contributed by atoms with Crippen LogP contribution in [0.2, 0.25) is 0 Å². The SMILES string of the molecule is CCN(c1ccccc1)S(=O)(=O)c1ccc(NCc2nnc3ccccn23)c([N+](=O)[O-])c1. The molecule has 164 valence electrons. The standard InChI is InChI=1S/C21H20N6O4S/c1-2-26(16-8-4-3-5-9-16)32(30,31)17-11-12-18(19(14-17)27(28)29)22-15-21-24-23-20-10-6-7-13-25(20)21/h3-14,22H,2,15H2,1H3. The summed E-state index contributed by atoms with van der Waals surface area (Å²) in [6.45, 7) is 2.06. The molecule has 0 saturated heterocycles. The van der Waals surface area contributed by atoms with Crippen LogP contribution in [0.15, 0.2) is 77.8 Å². The zero-order chi connectivity index (χ0) is 22.7. The van der Waals surface area contributed by atoms with E-state index in [0.29, 0.717) is 17.2 Å². The Balaban J connectivity index is 1.65. The highest BCUT2D eigenvalue weighted by atomic mass is 32.2. The molecule has 0 bridgehead atoms. The molecule has 0 amide bonds. The first-order valence-electron chi connectivity index (χ1n) is 9.80. The third-order valence-electron chi connectivity index (χ3n) is 4.91. The van der Waals surface area contributed by atoms with E-state index in [0.717, 1.165) is 6.07 Å². The molecule has 0 unspecified atom stereocenters. The third-order valence-corrected chi connectivity index (χ3v) is 6.81. The highest BCUT2D eigenvalue weighted by Crippen LogP contribution is 2.31. The van der Waals surface area contributed by atoms with Crippen LogP contribution in [0.3, 0.4) is 0 Å². The minimum absolute atomic E-state index is 0.159. The maximum atomic E-state index is 13.2. The fraction of sp³-hybridized carbons (Fsp3) is 0.143. The summed E-state index contributed by atoms with van der Waals surface area (Å²) < 4.78 is 29.4. The third kappa shape index (κ3) is 3.97. The number of rotatable bonds is 8. The molecular formula is C21H20N6O4S. The minimum atomic E-state index is -3.99. The Morgan fingerprint density at radius 2 is 1.81 bits per heavy atom. The maximum Gasteiger partial charge on any atom is 0.293 e. The number of nitro groups is 1. The first kappa shape index (κ1) is 21.2. The van der Waals surface area contributed by atoms with Crippen LogP contribution in [-0.2, 0) is 16.6 Å². The number of sulfonamides is 1. The number of fused-ring (bicyclic) bond motifs is 1. The van der Waals surface area contributed by atoms with Crippen LogP contribution in [-0.4, -0.2) is 34.5 Å². The average molecular weight is 452 g/mol. The van der Waals surface area contributed by atoms with E-state index in [9.17, 15) is 18.5 Å². The monoisotopic (exact) mass is 452 g/mol. The number of anilines is 2. The maximum absolute atomic E-state index is 13.2. The molecule has 0 fully saturated rings. The van der Waals surface area contributed by atoms with Gasteiger partial charge in [-0.05, 0) is 43.3 Å². The molecule has 0 aliphatic rings. The Bertz CT molecular complexity index is 1370. The Labute approximate surface area is 184 Å². The van der Waals surface area contributed by atoms with Gasteiger partial charge >= 0.3 is 0 Å². The van der Waals surface area contributed by atoms with Crippen molar-refractivity contribution in [1.82, 2.24) is 14.6 Å². The van der Waals surface area contributed by atoms with Crippen LogP contribution in [0, 0.1) is 10.1 Å². The molecule has 4 rings (SSSR count). The molecule has 2 heterocycles. The number of para-hydroxylation sites is 1. The van der Waals surface area contributed by atoms with Crippen LogP contribution in [0.25, 0.3) is 5.65 Å². The Morgan fingerprint density at radius 1 is 1.06 bits per heavy atom. The van der Waals surface area contributed by atoms with Crippen molar-refractivity contribution >= 4 is 32.7 Å². The number of nitrogens with zero attached hydrogens (tertiary/aromatic N) is 5. The molecule has 32 heavy (non-hydrogen) atoms. The van der Waals surface area contributed by atoms with Crippen LogP contribution in [0.5, 0.6) is 0 Å². The summed E-state index contributed by atoms with van der Waals surface area (Å²) in [4.78, 5) is 10.9. The molecule has 11 heteroatoms. The van der Waals surface area contributed by atoms with Crippen LogP contribution >= 0.6 is 0 Å². The topological polar surface area (TPSA) is 123 Å². The van der Waals surface area contributed by atoms with Gasteiger partial charge in [0.1, 0.15) is 5.69 Å². The van der Waals surface area contributed by atoms with Gasteiger partial charge in [-0.1, -0.05) is 24.3 Å². The van der Waals surface area contributed by atoms with E-state index >= 15 is 0 Å². The van der Waals surface area contributed by atoms with Crippen molar-refractivity contribution in [3.63, 3.8) is 0 Å². The van der Waals surface area contributed by atoms with Crippen molar-refractivity contribution in [2.45, 2.75) is 18.4 Å². The highest BCUT2D eigenvalue weighted by molar-refractivity contribution is 7.92. The van der Waals surface area contributed by atoms with Gasteiger partial charge < -0.3 is 5.32 Å². The van der Waals surface area contributed by atoms with E-state index in [1.54, 1.807) is 53.9 Å². The summed E-state index contributed by atoms with van der Waals surface area (Å²) in [7, 11) is -3.99. The van der Waals surface area contributed by atoms with Crippen molar-refractivity contribution in [1.29, 1.82) is 0 Å². The predicted molar refractivity (Wildman–Crippen MR) is 120 cm³/mol. The Kier molecular flexibility index (Phi) is 5.73. The summed E-state index contributed by atoms with van der Waals surface area (Å²) >= 11 is 0. The largest absolute Gasteiger partial charge is 0.372 e. The Morgan fingerprint density at radius 3 is 2.53 bits per heavy atom. The van der Waals surface area contributed by atoms with Gasteiger partial charge in [-0.15, -0.1) is 10.2 Å². The predicted octanol–water partition coefficient (Wildman–Crippen LogP) is 3.46. The highest BCUT2D eigenvalue weighted by Gasteiger charge is 2.27. The average Bonchev–Trinajstić information content (AvgIpc) is 3.21. The van der Waals surface area contributed by atoms with Crippen molar-refractivity contribution in [3.8, 4) is 0 Å². The number of aromatic nitrogens is 3. The lowest BCUT2D eigenvalue weighted by atomic mass is 10.2. The smallest absolute Gasteiger partial charge is 0.293 e. The number of benzene rings is 2. The lowest BCUT2D eigenvalue weighted by Gasteiger charge is -2.23. The summed E-state index contributed by atoms with van der Waals surface area (Å²) in [5.41, 5.74) is 0.979. The molecule has 0 aliphatic carbocycles. The Hall–Kier alpha value is -3.99. The van der Waals surface area contributed by atoms with Crippen molar-refractivity contribution in [2.75, 3.05) is 16.2 Å². The number of hydrogen-bond donors (Lipinski definition) is 1. The lowest BCUT2D eigenvalue weighted by Crippen LogP contribution is -2.30. The molecule has 0 spiro atoms. The van der Waals surface area contributed by atoms with Gasteiger partial charge in [-0.25, -0.2) is 8.42 Å². The summed E-state index contributed by atoms with van der Waals surface area (Å²) in [5, 5.41) is 22.8. The van der Waals surface area contributed by atoms with E-state index in [2.05, 4.69) is 15.5 Å². The second-order valence-corrected chi connectivity index (χ2v) is 8.70. The van der Waals surface area contributed by atoms with Gasteiger partial charge in [0, 0.05) is 18.8 Å². The first-order valence-corrected chi connectivity index (χ1v) is 11.2. The summed E-state index contributed by atoms with van der Waals surface area (Å²) in [6, 6.07) is 17.9. The summed E-state index contributed by atoms with van der Waals surface area (Å²) in [6.07, 6.45) is 1.79. The molecule has 0 atom stereocenters. The van der Waals surface area contributed by atoms with Crippen LogP contribution < -0.4 is 9.62 Å². The fourth-order valence-corrected chi connectivity index (χ4v) is 4.87. The van der Waals surface area contributed by atoms with Gasteiger partial charge in [-0.3, -0.25) is 18.8 Å². The second kappa shape index (κ2) is 8.63. The number of nitro benzene ring substituents is 1. The fourth-order valence-electron chi connectivity index (χ4n) is 3.37.